The molecule has 6 heteroatoms. The molecule has 0 heterocycles. The van der Waals surface area contributed by atoms with E-state index in [-0.39, 0.29) is 36.2 Å². The minimum absolute atomic E-state index is 0.0849. The number of aliphatic hydroxyl groups excluding tert-OH is 2. The molecule has 3 N–H and O–H groups in total. The summed E-state index contributed by atoms with van der Waals surface area (Å²) < 4.78 is 0. The van der Waals surface area contributed by atoms with Gasteiger partial charge in [0.2, 0.25) is 5.91 Å². The largest absolute Gasteiger partial charge is 0.392 e. The van der Waals surface area contributed by atoms with Crippen molar-refractivity contribution in [3.05, 3.63) is 122 Å². The van der Waals surface area contributed by atoms with Crippen LogP contribution in [0.4, 0.5) is 0 Å². The molecule has 0 spiro atoms. The Morgan fingerprint density at radius 3 is 1.83 bits per heavy atom. The van der Waals surface area contributed by atoms with Gasteiger partial charge in [-0.05, 0) is 19.3 Å². The number of unbranched alkanes of at least 4 members (excludes halogenated alkanes) is 1. The van der Waals surface area contributed by atoms with Crippen LogP contribution in [-0.2, 0) is 14.4 Å². The molecule has 1 aliphatic rings. The van der Waals surface area contributed by atoms with Crippen molar-refractivity contribution >= 4 is 17.5 Å². The zero-order valence-corrected chi connectivity index (χ0v) is 25.1. The molecule has 0 aromatic carbocycles. The highest BCUT2D eigenvalue weighted by Crippen LogP contribution is 2.19. The second kappa shape index (κ2) is 22.8. The Kier molecular flexibility index (Phi) is 19.6. The van der Waals surface area contributed by atoms with Crippen molar-refractivity contribution in [3.63, 3.8) is 0 Å². The van der Waals surface area contributed by atoms with E-state index in [1.165, 1.54) is 6.08 Å². The first-order valence-corrected chi connectivity index (χ1v) is 14.7. The lowest BCUT2D eigenvalue weighted by atomic mass is 9.88. The van der Waals surface area contributed by atoms with Gasteiger partial charge >= 0.3 is 0 Å². The van der Waals surface area contributed by atoms with Gasteiger partial charge in [0.1, 0.15) is 6.04 Å². The summed E-state index contributed by atoms with van der Waals surface area (Å²) in [5, 5.41) is 23.5. The number of hydrogen-bond acceptors (Lipinski definition) is 5. The Hall–Kier alpha value is -3.87. The van der Waals surface area contributed by atoms with Gasteiger partial charge in [-0.2, -0.15) is 0 Å². The third-order valence-corrected chi connectivity index (χ3v) is 6.50. The quantitative estimate of drug-likeness (QED) is 0.0600. The molecule has 0 aromatic heterocycles. The number of aliphatic hydroxyl groups is 2. The fraction of sp³-hybridized carbons (Fsp3) is 0.361. The zero-order valence-electron chi connectivity index (χ0n) is 25.1. The number of carbonyl (C=O) groups excluding carboxylic acids is 3. The normalized spacial score (nSPS) is 18.9. The molecule has 42 heavy (non-hydrogen) atoms. The second-order valence-corrected chi connectivity index (χ2v) is 10.0. The van der Waals surface area contributed by atoms with Crippen molar-refractivity contribution in [2.24, 2.45) is 11.8 Å². The van der Waals surface area contributed by atoms with Crippen LogP contribution in [0, 0.1) is 11.8 Å². The smallest absolute Gasteiger partial charge is 0.244 e. The van der Waals surface area contributed by atoms with Crippen molar-refractivity contribution in [2.45, 2.75) is 71.1 Å². The van der Waals surface area contributed by atoms with Crippen LogP contribution in [-0.4, -0.2) is 45.9 Å². The summed E-state index contributed by atoms with van der Waals surface area (Å²) in [6.45, 7) is 5.88. The molecule has 1 fully saturated rings. The van der Waals surface area contributed by atoms with Crippen molar-refractivity contribution in [2.75, 3.05) is 0 Å². The van der Waals surface area contributed by atoms with Crippen LogP contribution in [0.1, 0.15) is 52.9 Å². The Balaban J connectivity index is 2.28. The third kappa shape index (κ3) is 16.4. The summed E-state index contributed by atoms with van der Waals surface area (Å²) in [6, 6.07) is -0.995. The fourth-order valence-corrected chi connectivity index (χ4v) is 3.89. The fourth-order valence-electron chi connectivity index (χ4n) is 3.89. The number of ketones is 2. The maximum atomic E-state index is 11.8. The van der Waals surface area contributed by atoms with Crippen LogP contribution in [0.15, 0.2) is 122 Å². The topological polar surface area (TPSA) is 104 Å². The van der Waals surface area contributed by atoms with Crippen molar-refractivity contribution < 1.29 is 24.6 Å². The highest BCUT2D eigenvalue weighted by molar-refractivity contribution is 6.14. The molecule has 0 bridgehead atoms. The molecule has 1 amide bonds. The second-order valence-electron chi connectivity index (χ2n) is 10.0. The van der Waals surface area contributed by atoms with E-state index in [1.54, 1.807) is 30.4 Å². The van der Waals surface area contributed by atoms with Gasteiger partial charge in [-0.1, -0.05) is 136 Å². The predicted octanol–water partition coefficient (Wildman–Crippen LogP) is 6.15. The lowest BCUT2D eigenvalue weighted by Gasteiger charge is -2.25. The summed E-state index contributed by atoms with van der Waals surface area (Å²) in [6.07, 6.45) is 38.8. The molecular weight excluding hydrogens is 526 g/mol. The maximum Gasteiger partial charge on any atom is 0.244 e. The summed E-state index contributed by atoms with van der Waals surface area (Å²) in [4.78, 5) is 34.9. The van der Waals surface area contributed by atoms with Crippen molar-refractivity contribution in [1.29, 1.82) is 0 Å². The van der Waals surface area contributed by atoms with Gasteiger partial charge in [-0.3, -0.25) is 14.4 Å². The van der Waals surface area contributed by atoms with E-state index in [0.29, 0.717) is 0 Å². The van der Waals surface area contributed by atoms with Crippen LogP contribution in [0.25, 0.3) is 0 Å². The monoisotopic (exact) mass is 573 g/mol. The van der Waals surface area contributed by atoms with Gasteiger partial charge in [-0.25, -0.2) is 0 Å². The molecule has 1 aliphatic carbocycles. The van der Waals surface area contributed by atoms with Crippen LogP contribution in [0.2, 0.25) is 0 Å². The molecule has 4 atom stereocenters. The van der Waals surface area contributed by atoms with Crippen molar-refractivity contribution in [1.82, 2.24) is 5.32 Å². The average Bonchev–Trinajstić information content (AvgIpc) is 3.29. The minimum atomic E-state index is -0.995. The number of rotatable bonds is 18. The third-order valence-electron chi connectivity index (χ3n) is 6.50. The predicted molar refractivity (Wildman–Crippen MR) is 172 cm³/mol. The summed E-state index contributed by atoms with van der Waals surface area (Å²) >= 11 is 0. The number of Topliss-reactive ketones (excluding diaryl/α,β-unsaturated/α-hetero) is 2. The zero-order chi connectivity index (χ0) is 31.0. The molecule has 0 saturated heterocycles. The Bertz CT molecular complexity index is 1110. The minimum Gasteiger partial charge on any atom is -0.392 e. The van der Waals surface area contributed by atoms with Gasteiger partial charge in [0.15, 0.2) is 11.6 Å². The van der Waals surface area contributed by atoms with E-state index >= 15 is 0 Å². The van der Waals surface area contributed by atoms with E-state index in [0.717, 1.165) is 19.3 Å². The first kappa shape index (κ1) is 36.2. The molecule has 0 aliphatic heterocycles. The van der Waals surface area contributed by atoms with E-state index in [1.807, 2.05) is 92.8 Å². The SMILES string of the molecule is CCC=CC=CC=CC=CC=CC(O)C(C)C(O)C(C)C=CCCC=C/C=C/C=CC=CC(=O)NC1C(=O)CCC1=O. The van der Waals surface area contributed by atoms with Crippen LogP contribution < -0.4 is 5.32 Å². The molecule has 0 radical (unpaired) electrons. The Labute approximate surface area is 251 Å². The average molecular weight is 574 g/mol. The summed E-state index contributed by atoms with van der Waals surface area (Å²) in [5.41, 5.74) is 0. The van der Waals surface area contributed by atoms with Gasteiger partial charge in [0.25, 0.3) is 0 Å². The number of nitrogens with one attached hydrogen (secondary N) is 1. The van der Waals surface area contributed by atoms with Crippen LogP contribution >= 0.6 is 0 Å². The van der Waals surface area contributed by atoms with Crippen molar-refractivity contribution in [3.8, 4) is 0 Å². The first-order chi connectivity index (χ1) is 20.3. The standard InChI is InChI=1S/C36H47NO5/c1-4-5-6-7-8-9-13-16-19-22-25-31(38)30(3)36(42)29(2)24-21-18-15-12-10-11-14-17-20-23-26-34(41)37-35-32(39)27-28-33(35)40/h5-14,16-17,19-26,29-31,35-36,38,42H,4,15,18,27-28H2,1-3H3,(H,37,41)/b6-5?,8-7?,12-10?,13-9?,14-11+,19-16?,20-17?,24-21?,25-22?,26-23?. The molecule has 4 unspecified atom stereocenters. The lowest BCUT2D eigenvalue weighted by molar-refractivity contribution is -0.129. The number of hydrogen-bond donors (Lipinski definition) is 3. The highest BCUT2D eigenvalue weighted by Gasteiger charge is 2.33. The molecular formula is C36H47NO5. The van der Waals surface area contributed by atoms with E-state index in [9.17, 15) is 24.6 Å². The number of carbonyl (C=O) groups is 3. The first-order valence-electron chi connectivity index (χ1n) is 14.7. The van der Waals surface area contributed by atoms with Crippen LogP contribution in [0.5, 0.6) is 0 Å². The number of amides is 1. The maximum absolute atomic E-state index is 11.8. The molecule has 1 rings (SSSR count). The van der Waals surface area contributed by atoms with E-state index < -0.39 is 24.2 Å². The van der Waals surface area contributed by atoms with Gasteiger partial charge in [0.05, 0.1) is 12.2 Å². The van der Waals surface area contributed by atoms with Gasteiger partial charge in [-0.15, -0.1) is 0 Å². The highest BCUT2D eigenvalue weighted by atomic mass is 16.3. The Morgan fingerprint density at radius 2 is 1.24 bits per heavy atom. The lowest BCUT2D eigenvalue weighted by Crippen LogP contribution is -2.41. The summed E-state index contributed by atoms with van der Waals surface area (Å²) in [5.74, 6) is -1.33. The van der Waals surface area contributed by atoms with Gasteiger partial charge < -0.3 is 15.5 Å². The van der Waals surface area contributed by atoms with Gasteiger partial charge in [0, 0.05) is 30.8 Å². The molecule has 6 nitrogen and oxygen atoms in total. The number of allylic oxidation sites excluding steroid dienone is 17. The molecule has 226 valence electrons. The van der Waals surface area contributed by atoms with E-state index in [2.05, 4.69) is 18.3 Å². The summed E-state index contributed by atoms with van der Waals surface area (Å²) in [7, 11) is 0. The Morgan fingerprint density at radius 1 is 0.738 bits per heavy atom. The molecule has 1 saturated carbocycles. The van der Waals surface area contributed by atoms with Crippen LogP contribution in [0.3, 0.4) is 0 Å². The molecule has 0 aromatic rings. The van der Waals surface area contributed by atoms with E-state index in [4.69, 9.17) is 0 Å².